The van der Waals surface area contributed by atoms with E-state index in [4.69, 9.17) is 0 Å². The van der Waals surface area contributed by atoms with Crippen molar-refractivity contribution in [1.29, 1.82) is 0 Å². The van der Waals surface area contributed by atoms with Gasteiger partial charge in [0.2, 0.25) is 0 Å². The topological polar surface area (TPSA) is 75.0 Å². The zero-order valence-electron chi connectivity index (χ0n) is 12.8. The number of thiophene rings is 1. The van der Waals surface area contributed by atoms with Gasteiger partial charge in [0.1, 0.15) is 4.83 Å². The van der Waals surface area contributed by atoms with Crippen molar-refractivity contribution in [1.82, 2.24) is 9.55 Å². The van der Waals surface area contributed by atoms with Gasteiger partial charge in [0, 0.05) is 10.9 Å². The Labute approximate surface area is 136 Å². The van der Waals surface area contributed by atoms with E-state index in [-0.39, 0.29) is 5.56 Å². The number of carbonyl (C=O) groups excluding carboxylic acids is 1. The van der Waals surface area contributed by atoms with E-state index >= 15 is 0 Å². The molecule has 3 rings (SSSR count). The first-order valence-corrected chi connectivity index (χ1v) is 8.12. The van der Waals surface area contributed by atoms with E-state index in [0.29, 0.717) is 16.1 Å². The van der Waals surface area contributed by atoms with Gasteiger partial charge in [-0.2, -0.15) is 0 Å². The Balaban J connectivity index is 2.14. The number of aliphatic carboxylic acids is 1. The van der Waals surface area contributed by atoms with Crippen LogP contribution < -0.4 is 10.7 Å². The first-order chi connectivity index (χ1) is 11.0. The molecular formula is C17H15N2O3S-. The van der Waals surface area contributed by atoms with Crippen molar-refractivity contribution in [2.75, 3.05) is 0 Å². The molecule has 0 fully saturated rings. The standard InChI is InChI=1S/C17H16N2O3S/c1-10(2)11-3-5-12(6-4-11)13-8-23-16-15(13)17(22)19(9-18-16)7-14(20)21/h3-6,8-10H,7H2,1-2H3,(H,20,21)/p-1. The molecule has 0 bridgehead atoms. The Morgan fingerprint density at radius 2 is 2.00 bits per heavy atom. The minimum Gasteiger partial charge on any atom is -0.548 e. The zero-order chi connectivity index (χ0) is 16.6. The van der Waals surface area contributed by atoms with Crippen LogP contribution in [0.2, 0.25) is 0 Å². The summed E-state index contributed by atoms with van der Waals surface area (Å²) in [4.78, 5) is 28.1. The van der Waals surface area contributed by atoms with Crippen LogP contribution in [-0.2, 0) is 11.3 Å². The van der Waals surface area contributed by atoms with Gasteiger partial charge in [-0.3, -0.25) is 9.36 Å². The fourth-order valence-electron chi connectivity index (χ4n) is 2.48. The summed E-state index contributed by atoms with van der Waals surface area (Å²) >= 11 is 1.37. The van der Waals surface area contributed by atoms with Gasteiger partial charge >= 0.3 is 0 Å². The van der Waals surface area contributed by atoms with E-state index < -0.39 is 12.5 Å². The molecule has 118 valence electrons. The number of fused-ring (bicyclic) bond motifs is 1. The molecule has 0 N–H and O–H groups in total. The Kier molecular flexibility index (Phi) is 4.00. The Hall–Kier alpha value is -2.47. The summed E-state index contributed by atoms with van der Waals surface area (Å²) in [5.41, 5.74) is 2.57. The van der Waals surface area contributed by atoms with Crippen LogP contribution in [0.5, 0.6) is 0 Å². The first-order valence-electron chi connectivity index (χ1n) is 7.24. The number of carboxylic acid groups (broad SMARTS) is 1. The number of carboxylic acids is 1. The zero-order valence-corrected chi connectivity index (χ0v) is 13.6. The summed E-state index contributed by atoms with van der Waals surface area (Å²) in [6.07, 6.45) is 1.25. The van der Waals surface area contributed by atoms with Crippen molar-refractivity contribution < 1.29 is 9.90 Å². The molecule has 0 saturated carbocycles. The molecule has 2 heterocycles. The third-order valence-electron chi connectivity index (χ3n) is 3.75. The summed E-state index contributed by atoms with van der Waals surface area (Å²) in [5.74, 6) is -0.878. The van der Waals surface area contributed by atoms with Crippen molar-refractivity contribution in [3.8, 4) is 11.1 Å². The average molecular weight is 327 g/mol. The molecule has 0 amide bonds. The van der Waals surface area contributed by atoms with E-state index in [1.807, 2.05) is 29.6 Å². The van der Waals surface area contributed by atoms with Gasteiger partial charge in [0.15, 0.2) is 0 Å². The number of benzene rings is 1. The number of aromatic nitrogens is 2. The van der Waals surface area contributed by atoms with E-state index in [9.17, 15) is 14.7 Å². The Morgan fingerprint density at radius 3 is 2.61 bits per heavy atom. The minimum atomic E-state index is -1.31. The number of carbonyl (C=O) groups is 1. The predicted molar refractivity (Wildman–Crippen MR) is 88.4 cm³/mol. The lowest BCUT2D eigenvalue weighted by atomic mass is 9.99. The van der Waals surface area contributed by atoms with Crippen LogP contribution >= 0.6 is 11.3 Å². The minimum absolute atomic E-state index is 0.358. The molecule has 6 heteroatoms. The van der Waals surface area contributed by atoms with Crippen LogP contribution in [0.4, 0.5) is 0 Å². The van der Waals surface area contributed by atoms with Crippen LogP contribution in [0.1, 0.15) is 25.3 Å². The Bertz CT molecular complexity index is 923. The molecular weight excluding hydrogens is 312 g/mol. The average Bonchev–Trinajstić information content (AvgIpc) is 2.94. The second-order valence-corrected chi connectivity index (χ2v) is 6.51. The highest BCUT2D eigenvalue weighted by molar-refractivity contribution is 7.17. The lowest BCUT2D eigenvalue weighted by Crippen LogP contribution is -2.32. The number of rotatable bonds is 4. The number of hydrogen-bond acceptors (Lipinski definition) is 5. The van der Waals surface area contributed by atoms with Gasteiger partial charge in [-0.25, -0.2) is 4.98 Å². The molecule has 0 aliphatic heterocycles. The SMILES string of the molecule is CC(C)c1ccc(-c2csc3ncn(CC(=O)[O-])c(=O)c23)cc1. The molecule has 0 aliphatic rings. The van der Waals surface area contributed by atoms with Crippen molar-refractivity contribution in [3.05, 3.63) is 51.9 Å². The van der Waals surface area contributed by atoms with E-state index in [0.717, 1.165) is 15.7 Å². The molecule has 3 aromatic rings. The molecule has 1 aromatic carbocycles. The second-order valence-electron chi connectivity index (χ2n) is 5.66. The lowest BCUT2D eigenvalue weighted by molar-refractivity contribution is -0.306. The first kappa shape index (κ1) is 15.4. The maximum Gasteiger partial charge on any atom is 0.263 e. The van der Waals surface area contributed by atoms with Gasteiger partial charge in [0.05, 0.1) is 24.2 Å². The van der Waals surface area contributed by atoms with Crippen LogP contribution in [0.3, 0.4) is 0 Å². The van der Waals surface area contributed by atoms with Gasteiger partial charge < -0.3 is 9.90 Å². The summed E-state index contributed by atoms with van der Waals surface area (Å²) in [6, 6.07) is 8.04. The van der Waals surface area contributed by atoms with Crippen LogP contribution in [0.25, 0.3) is 21.3 Å². The number of hydrogen-bond donors (Lipinski definition) is 0. The van der Waals surface area contributed by atoms with Gasteiger partial charge in [-0.05, 0) is 17.0 Å². The molecule has 0 spiro atoms. The quantitative estimate of drug-likeness (QED) is 0.734. The number of nitrogens with zero attached hydrogens (tertiary/aromatic N) is 2. The normalized spacial score (nSPS) is 11.3. The van der Waals surface area contributed by atoms with Crippen molar-refractivity contribution >= 4 is 27.5 Å². The Morgan fingerprint density at radius 1 is 1.30 bits per heavy atom. The van der Waals surface area contributed by atoms with Gasteiger partial charge in [-0.1, -0.05) is 38.1 Å². The van der Waals surface area contributed by atoms with E-state index in [2.05, 4.69) is 18.8 Å². The largest absolute Gasteiger partial charge is 0.548 e. The molecule has 0 radical (unpaired) electrons. The summed E-state index contributed by atoms with van der Waals surface area (Å²) in [5, 5.41) is 13.1. The highest BCUT2D eigenvalue weighted by Gasteiger charge is 2.13. The van der Waals surface area contributed by atoms with Crippen LogP contribution in [0.15, 0.2) is 40.8 Å². The molecule has 0 aliphatic carbocycles. The third kappa shape index (κ3) is 2.90. The van der Waals surface area contributed by atoms with Gasteiger partial charge in [0.25, 0.3) is 5.56 Å². The fraction of sp³-hybridized carbons (Fsp3) is 0.235. The van der Waals surface area contributed by atoms with Crippen molar-refractivity contribution in [3.63, 3.8) is 0 Å². The highest BCUT2D eigenvalue weighted by atomic mass is 32.1. The van der Waals surface area contributed by atoms with Crippen LogP contribution in [-0.4, -0.2) is 15.5 Å². The van der Waals surface area contributed by atoms with Crippen molar-refractivity contribution in [2.24, 2.45) is 0 Å². The third-order valence-corrected chi connectivity index (χ3v) is 4.63. The maximum absolute atomic E-state index is 12.5. The van der Waals surface area contributed by atoms with E-state index in [1.165, 1.54) is 23.2 Å². The van der Waals surface area contributed by atoms with Crippen molar-refractivity contribution in [2.45, 2.75) is 26.3 Å². The summed E-state index contributed by atoms with van der Waals surface area (Å²) in [6.45, 7) is 3.75. The highest BCUT2D eigenvalue weighted by Crippen LogP contribution is 2.31. The molecule has 0 unspecified atom stereocenters. The molecule has 5 nitrogen and oxygen atoms in total. The molecule has 0 saturated heterocycles. The smallest absolute Gasteiger partial charge is 0.263 e. The molecule has 2 aromatic heterocycles. The summed E-state index contributed by atoms with van der Waals surface area (Å²) < 4.78 is 1.07. The van der Waals surface area contributed by atoms with E-state index in [1.54, 1.807) is 0 Å². The molecule has 23 heavy (non-hydrogen) atoms. The molecule has 0 atom stereocenters. The van der Waals surface area contributed by atoms with Crippen LogP contribution in [0, 0.1) is 0 Å². The summed E-state index contributed by atoms with van der Waals surface area (Å²) in [7, 11) is 0. The second kappa shape index (κ2) is 5.96. The maximum atomic E-state index is 12.5. The monoisotopic (exact) mass is 327 g/mol. The lowest BCUT2D eigenvalue weighted by Gasteiger charge is -2.08. The fourth-order valence-corrected chi connectivity index (χ4v) is 3.39. The van der Waals surface area contributed by atoms with Gasteiger partial charge in [-0.15, -0.1) is 11.3 Å². The predicted octanol–water partition coefficient (Wildman–Crippen LogP) is 2.00.